The van der Waals surface area contributed by atoms with Gasteiger partial charge < -0.3 is 4.90 Å². The lowest BCUT2D eigenvalue weighted by Crippen LogP contribution is -2.35. The molecule has 0 bridgehead atoms. The van der Waals surface area contributed by atoms with E-state index >= 15 is 0 Å². The molecule has 1 aliphatic heterocycles. The van der Waals surface area contributed by atoms with Gasteiger partial charge in [-0.05, 0) is 37.8 Å². The average molecular weight is 365 g/mol. The van der Waals surface area contributed by atoms with Crippen molar-refractivity contribution in [2.75, 3.05) is 11.9 Å². The quantitative estimate of drug-likeness (QED) is 0.704. The van der Waals surface area contributed by atoms with Crippen LogP contribution >= 0.6 is 39.1 Å². The van der Waals surface area contributed by atoms with Crippen LogP contribution in [-0.4, -0.2) is 28.7 Å². The summed E-state index contributed by atoms with van der Waals surface area (Å²) in [5.74, 6) is 0.00423. The molecule has 0 saturated carbocycles. The Labute approximate surface area is 132 Å². The van der Waals surface area contributed by atoms with Crippen LogP contribution in [0.4, 0.5) is 0 Å². The monoisotopic (exact) mass is 363 g/mol. The molecule has 0 aromatic heterocycles. The molecule has 5 heteroatoms. The molecule has 1 fully saturated rings. The minimum absolute atomic E-state index is 0.00423. The summed E-state index contributed by atoms with van der Waals surface area (Å²) in [4.78, 5) is 14.5. The zero-order valence-electron chi connectivity index (χ0n) is 10.5. The van der Waals surface area contributed by atoms with Crippen LogP contribution in [0.3, 0.4) is 0 Å². The van der Waals surface area contributed by atoms with Crippen LogP contribution in [0, 0.1) is 0 Å². The standard InChI is InChI=1S/C14H16BrCl2NO/c15-8-2-4-10-5-3-9-18(10)14(19)11-6-1-7-12(16)13(11)17/h1,6-7,10H,2-5,8-9H2. The zero-order valence-corrected chi connectivity index (χ0v) is 13.6. The summed E-state index contributed by atoms with van der Waals surface area (Å²) in [7, 11) is 0. The number of carbonyl (C=O) groups is 1. The van der Waals surface area contributed by atoms with Crippen molar-refractivity contribution >= 4 is 45.0 Å². The number of hydrogen-bond donors (Lipinski definition) is 0. The maximum absolute atomic E-state index is 12.6. The van der Waals surface area contributed by atoms with Gasteiger partial charge in [-0.3, -0.25) is 4.79 Å². The molecule has 0 radical (unpaired) electrons. The van der Waals surface area contributed by atoms with Crippen molar-refractivity contribution in [3.63, 3.8) is 0 Å². The summed E-state index contributed by atoms with van der Waals surface area (Å²) in [5, 5.41) is 1.77. The van der Waals surface area contributed by atoms with Gasteiger partial charge in [-0.15, -0.1) is 0 Å². The van der Waals surface area contributed by atoms with Crippen molar-refractivity contribution in [1.29, 1.82) is 0 Å². The van der Waals surface area contributed by atoms with Gasteiger partial charge in [-0.25, -0.2) is 0 Å². The van der Waals surface area contributed by atoms with Crippen LogP contribution in [0.1, 0.15) is 36.0 Å². The molecule has 1 heterocycles. The van der Waals surface area contributed by atoms with Crippen LogP contribution in [0.25, 0.3) is 0 Å². The second kappa shape index (κ2) is 6.96. The molecule has 1 aliphatic rings. The molecule has 0 N–H and O–H groups in total. The Hall–Kier alpha value is -0.250. The van der Waals surface area contributed by atoms with Gasteiger partial charge in [0.1, 0.15) is 0 Å². The Bertz CT molecular complexity index is 467. The van der Waals surface area contributed by atoms with Crippen LogP contribution < -0.4 is 0 Å². The summed E-state index contributed by atoms with van der Waals surface area (Å²) in [6, 6.07) is 5.55. The first-order valence-corrected chi connectivity index (χ1v) is 8.34. The number of carbonyl (C=O) groups excluding carboxylic acids is 1. The van der Waals surface area contributed by atoms with E-state index in [9.17, 15) is 4.79 Å². The third-order valence-electron chi connectivity index (χ3n) is 3.49. The van der Waals surface area contributed by atoms with Crippen molar-refractivity contribution in [2.24, 2.45) is 0 Å². The maximum Gasteiger partial charge on any atom is 0.255 e. The van der Waals surface area contributed by atoms with Gasteiger partial charge in [0.05, 0.1) is 15.6 Å². The normalized spacial score (nSPS) is 18.9. The van der Waals surface area contributed by atoms with Gasteiger partial charge in [0.2, 0.25) is 0 Å². The smallest absolute Gasteiger partial charge is 0.255 e. The summed E-state index contributed by atoms with van der Waals surface area (Å²) in [6.07, 6.45) is 4.26. The van der Waals surface area contributed by atoms with Crippen molar-refractivity contribution in [3.05, 3.63) is 33.8 Å². The maximum atomic E-state index is 12.6. The Morgan fingerprint density at radius 3 is 2.95 bits per heavy atom. The van der Waals surface area contributed by atoms with Gasteiger partial charge in [-0.1, -0.05) is 45.2 Å². The molecule has 2 nitrogen and oxygen atoms in total. The Kier molecular flexibility index (Phi) is 5.55. The molecule has 2 rings (SSSR count). The summed E-state index contributed by atoms with van der Waals surface area (Å²) in [5.41, 5.74) is 0.514. The molecule has 0 aliphatic carbocycles. The molecular weight excluding hydrogens is 349 g/mol. The Morgan fingerprint density at radius 1 is 1.42 bits per heavy atom. The number of benzene rings is 1. The summed E-state index contributed by atoms with van der Waals surface area (Å²) >= 11 is 15.5. The number of likely N-dealkylation sites (tertiary alicyclic amines) is 1. The number of nitrogens with zero attached hydrogens (tertiary/aromatic N) is 1. The fourth-order valence-corrected chi connectivity index (χ4v) is 3.24. The first-order valence-electron chi connectivity index (χ1n) is 6.46. The Balaban J connectivity index is 2.16. The SMILES string of the molecule is O=C(c1cccc(Cl)c1Cl)N1CCCC1CCCBr. The lowest BCUT2D eigenvalue weighted by Gasteiger charge is -2.25. The van der Waals surface area contributed by atoms with E-state index in [0.717, 1.165) is 37.6 Å². The van der Waals surface area contributed by atoms with Gasteiger partial charge in [0.25, 0.3) is 5.91 Å². The number of rotatable bonds is 4. The average Bonchev–Trinajstić information content (AvgIpc) is 2.87. The van der Waals surface area contributed by atoms with Gasteiger partial charge >= 0.3 is 0 Å². The van der Waals surface area contributed by atoms with Gasteiger partial charge in [0.15, 0.2) is 0 Å². The molecule has 1 aromatic rings. The van der Waals surface area contributed by atoms with E-state index in [0.29, 0.717) is 21.7 Å². The van der Waals surface area contributed by atoms with E-state index in [-0.39, 0.29) is 5.91 Å². The van der Waals surface area contributed by atoms with E-state index in [1.165, 1.54) is 0 Å². The summed E-state index contributed by atoms with van der Waals surface area (Å²) < 4.78 is 0. The number of halogens is 3. The molecule has 0 spiro atoms. The van der Waals surface area contributed by atoms with Crippen LogP contribution in [-0.2, 0) is 0 Å². The fraction of sp³-hybridized carbons (Fsp3) is 0.500. The molecule has 1 saturated heterocycles. The third kappa shape index (κ3) is 3.45. The number of amides is 1. The van der Waals surface area contributed by atoms with Crippen molar-refractivity contribution in [3.8, 4) is 0 Å². The first kappa shape index (κ1) is 15.1. The fourth-order valence-electron chi connectivity index (χ4n) is 2.54. The van der Waals surface area contributed by atoms with Crippen molar-refractivity contribution in [2.45, 2.75) is 31.7 Å². The van der Waals surface area contributed by atoms with Gasteiger partial charge in [0, 0.05) is 17.9 Å². The molecule has 1 unspecified atom stereocenters. The van der Waals surface area contributed by atoms with E-state index in [1.54, 1.807) is 18.2 Å². The Morgan fingerprint density at radius 2 is 2.21 bits per heavy atom. The zero-order chi connectivity index (χ0) is 13.8. The highest BCUT2D eigenvalue weighted by molar-refractivity contribution is 9.09. The highest BCUT2D eigenvalue weighted by atomic mass is 79.9. The molecule has 104 valence electrons. The van der Waals surface area contributed by atoms with E-state index in [1.807, 2.05) is 4.90 Å². The summed E-state index contributed by atoms with van der Waals surface area (Å²) in [6.45, 7) is 0.814. The predicted octanol–water partition coefficient (Wildman–Crippen LogP) is 4.77. The first-order chi connectivity index (χ1) is 9.15. The van der Waals surface area contributed by atoms with Crippen molar-refractivity contribution < 1.29 is 4.79 Å². The minimum Gasteiger partial charge on any atom is -0.336 e. The second-order valence-corrected chi connectivity index (χ2v) is 6.31. The molecular formula is C14H16BrCl2NO. The second-order valence-electron chi connectivity index (χ2n) is 4.73. The largest absolute Gasteiger partial charge is 0.336 e. The third-order valence-corrected chi connectivity index (χ3v) is 4.87. The van der Waals surface area contributed by atoms with E-state index in [4.69, 9.17) is 23.2 Å². The van der Waals surface area contributed by atoms with E-state index in [2.05, 4.69) is 15.9 Å². The predicted molar refractivity (Wildman–Crippen MR) is 83.5 cm³/mol. The highest BCUT2D eigenvalue weighted by Crippen LogP contribution is 2.30. The minimum atomic E-state index is 0.00423. The molecule has 1 atom stereocenters. The molecule has 19 heavy (non-hydrogen) atoms. The topological polar surface area (TPSA) is 20.3 Å². The number of alkyl halides is 1. The number of hydrogen-bond acceptors (Lipinski definition) is 1. The molecule has 1 amide bonds. The van der Waals surface area contributed by atoms with Crippen LogP contribution in [0.5, 0.6) is 0 Å². The highest BCUT2D eigenvalue weighted by Gasteiger charge is 2.30. The van der Waals surface area contributed by atoms with Gasteiger partial charge in [-0.2, -0.15) is 0 Å². The van der Waals surface area contributed by atoms with Crippen LogP contribution in [0.2, 0.25) is 10.0 Å². The van der Waals surface area contributed by atoms with Crippen LogP contribution in [0.15, 0.2) is 18.2 Å². The molecule has 1 aromatic carbocycles. The van der Waals surface area contributed by atoms with E-state index < -0.39 is 0 Å². The lowest BCUT2D eigenvalue weighted by molar-refractivity contribution is 0.0730. The lowest BCUT2D eigenvalue weighted by atomic mass is 10.1. The van der Waals surface area contributed by atoms with Crippen molar-refractivity contribution in [1.82, 2.24) is 4.90 Å².